The van der Waals surface area contributed by atoms with E-state index in [1.807, 2.05) is 0 Å². The van der Waals surface area contributed by atoms with Crippen LogP contribution in [0, 0.1) is 15.9 Å². The lowest BCUT2D eigenvalue weighted by Gasteiger charge is -2.06. The fourth-order valence-electron chi connectivity index (χ4n) is 1.20. The number of sulfonamides is 1. The monoisotopic (exact) mass is 278 g/mol. The van der Waals surface area contributed by atoms with Gasteiger partial charge in [0, 0.05) is 12.1 Å². The Hall–Kier alpha value is -1.74. The third-order valence-corrected chi connectivity index (χ3v) is 2.81. The Morgan fingerprint density at radius 2 is 2.11 bits per heavy atom. The van der Waals surface area contributed by atoms with Gasteiger partial charge in [-0.2, -0.15) is 0 Å². The maximum Gasteiger partial charge on any atom is 0.311 e. The van der Waals surface area contributed by atoms with Crippen molar-refractivity contribution in [3.63, 3.8) is 0 Å². The standard InChI is InChI=1S/C9H11FN2O5S/c10-7-2-3-8(12(13)14)9(6-7)17-4-1-5-18(11,15)16/h2-3,6H,1,4-5H2,(H2,11,15,16). The molecule has 18 heavy (non-hydrogen) atoms. The number of nitro benzene ring substituents is 1. The molecule has 0 fully saturated rings. The fraction of sp³-hybridized carbons (Fsp3) is 0.333. The molecule has 1 aromatic carbocycles. The maximum absolute atomic E-state index is 12.9. The smallest absolute Gasteiger partial charge is 0.311 e. The molecule has 0 amide bonds. The van der Waals surface area contributed by atoms with Gasteiger partial charge in [0.15, 0.2) is 5.75 Å². The van der Waals surface area contributed by atoms with Crippen LogP contribution in [0.3, 0.4) is 0 Å². The van der Waals surface area contributed by atoms with Crippen molar-refractivity contribution in [3.8, 4) is 5.75 Å². The van der Waals surface area contributed by atoms with Crippen molar-refractivity contribution in [1.29, 1.82) is 0 Å². The molecule has 0 aliphatic rings. The number of ether oxygens (including phenoxy) is 1. The minimum atomic E-state index is -3.60. The number of nitro groups is 1. The zero-order valence-electron chi connectivity index (χ0n) is 9.21. The van der Waals surface area contributed by atoms with Crippen LogP contribution in [0.15, 0.2) is 18.2 Å². The van der Waals surface area contributed by atoms with Crippen molar-refractivity contribution in [2.24, 2.45) is 5.14 Å². The second kappa shape index (κ2) is 5.74. The summed E-state index contributed by atoms with van der Waals surface area (Å²) in [6.45, 7) is -0.110. The number of rotatable bonds is 6. The van der Waals surface area contributed by atoms with Crippen molar-refractivity contribution in [2.45, 2.75) is 6.42 Å². The molecule has 0 aliphatic heterocycles. The third-order valence-electron chi connectivity index (χ3n) is 1.95. The van der Waals surface area contributed by atoms with E-state index in [0.29, 0.717) is 0 Å². The first-order valence-corrected chi connectivity index (χ1v) is 6.58. The first-order chi connectivity index (χ1) is 8.29. The summed E-state index contributed by atoms with van der Waals surface area (Å²) in [5.74, 6) is -1.23. The largest absolute Gasteiger partial charge is 0.487 e. The quantitative estimate of drug-likeness (QED) is 0.469. The Bertz CT molecular complexity index is 546. The summed E-state index contributed by atoms with van der Waals surface area (Å²) in [6.07, 6.45) is 0.0620. The molecule has 100 valence electrons. The van der Waals surface area contributed by atoms with Gasteiger partial charge in [-0.15, -0.1) is 0 Å². The third kappa shape index (κ3) is 4.63. The molecule has 9 heteroatoms. The molecule has 0 aromatic heterocycles. The molecule has 0 saturated carbocycles. The number of hydrogen-bond donors (Lipinski definition) is 1. The average Bonchev–Trinajstić information content (AvgIpc) is 2.22. The van der Waals surface area contributed by atoms with Crippen molar-refractivity contribution < 1.29 is 22.5 Å². The van der Waals surface area contributed by atoms with Crippen LogP contribution in [0.2, 0.25) is 0 Å². The SMILES string of the molecule is NS(=O)(=O)CCCOc1cc(F)ccc1[N+](=O)[O-]. The molecular formula is C9H11FN2O5S. The Balaban J connectivity index is 2.66. The Labute approximate surface area is 103 Å². The molecule has 0 saturated heterocycles. The predicted octanol–water partition coefficient (Wildman–Crippen LogP) is 0.791. The van der Waals surface area contributed by atoms with E-state index in [4.69, 9.17) is 9.88 Å². The maximum atomic E-state index is 12.9. The summed E-state index contributed by atoms with van der Waals surface area (Å²) in [6, 6.07) is 2.79. The van der Waals surface area contributed by atoms with Gasteiger partial charge in [-0.3, -0.25) is 10.1 Å². The van der Waals surface area contributed by atoms with Crippen molar-refractivity contribution in [3.05, 3.63) is 34.1 Å². The van der Waals surface area contributed by atoms with Crippen LogP contribution >= 0.6 is 0 Å². The van der Waals surface area contributed by atoms with Gasteiger partial charge < -0.3 is 4.74 Å². The lowest BCUT2D eigenvalue weighted by molar-refractivity contribution is -0.385. The number of nitrogens with two attached hydrogens (primary N) is 1. The van der Waals surface area contributed by atoms with E-state index in [9.17, 15) is 22.9 Å². The Kier molecular flexibility index (Phi) is 4.56. The van der Waals surface area contributed by atoms with Crippen LogP contribution in [0.5, 0.6) is 5.75 Å². The van der Waals surface area contributed by atoms with Crippen LogP contribution in [-0.4, -0.2) is 25.7 Å². The van der Waals surface area contributed by atoms with Gasteiger partial charge in [0.2, 0.25) is 10.0 Å². The molecule has 0 radical (unpaired) electrons. The number of primary sulfonamides is 1. The molecule has 2 N–H and O–H groups in total. The number of benzene rings is 1. The van der Waals surface area contributed by atoms with Crippen LogP contribution in [0.1, 0.15) is 6.42 Å². The van der Waals surface area contributed by atoms with E-state index in [0.717, 1.165) is 18.2 Å². The van der Waals surface area contributed by atoms with Gasteiger partial charge in [0.1, 0.15) is 5.82 Å². The summed E-state index contributed by atoms with van der Waals surface area (Å²) in [5.41, 5.74) is -0.382. The zero-order valence-corrected chi connectivity index (χ0v) is 10.0. The summed E-state index contributed by atoms with van der Waals surface area (Å²) < 4.78 is 39.1. The minimum absolute atomic E-state index is 0.0620. The second-order valence-corrected chi connectivity index (χ2v) is 5.17. The summed E-state index contributed by atoms with van der Waals surface area (Å²) in [5, 5.41) is 15.4. The average molecular weight is 278 g/mol. The van der Waals surface area contributed by atoms with Crippen LogP contribution in [0.4, 0.5) is 10.1 Å². The molecule has 0 unspecified atom stereocenters. The molecule has 7 nitrogen and oxygen atoms in total. The molecular weight excluding hydrogens is 267 g/mol. The first-order valence-electron chi connectivity index (χ1n) is 4.87. The first kappa shape index (κ1) is 14.3. The molecule has 0 aliphatic carbocycles. The van der Waals surface area contributed by atoms with Gasteiger partial charge in [0.25, 0.3) is 0 Å². The van der Waals surface area contributed by atoms with E-state index >= 15 is 0 Å². The zero-order chi connectivity index (χ0) is 13.8. The number of hydrogen-bond acceptors (Lipinski definition) is 5. The van der Waals surface area contributed by atoms with Crippen LogP contribution < -0.4 is 9.88 Å². The van der Waals surface area contributed by atoms with Gasteiger partial charge >= 0.3 is 5.69 Å². The van der Waals surface area contributed by atoms with Crippen molar-refractivity contribution >= 4 is 15.7 Å². The molecule has 1 aromatic rings. The normalized spacial score (nSPS) is 11.2. The molecule has 0 bridgehead atoms. The van der Waals surface area contributed by atoms with Gasteiger partial charge in [-0.1, -0.05) is 0 Å². The number of halogens is 1. The molecule has 0 atom stereocenters. The highest BCUT2D eigenvalue weighted by atomic mass is 32.2. The number of nitrogens with zero attached hydrogens (tertiary/aromatic N) is 1. The Morgan fingerprint density at radius 3 is 2.67 bits per heavy atom. The predicted molar refractivity (Wildman–Crippen MR) is 61.1 cm³/mol. The van der Waals surface area contributed by atoms with E-state index in [1.165, 1.54) is 0 Å². The van der Waals surface area contributed by atoms with Crippen LogP contribution in [-0.2, 0) is 10.0 Å². The minimum Gasteiger partial charge on any atom is -0.487 e. The Morgan fingerprint density at radius 1 is 1.44 bits per heavy atom. The summed E-state index contributed by atoms with van der Waals surface area (Å²) in [4.78, 5) is 9.90. The van der Waals surface area contributed by atoms with E-state index < -0.39 is 20.8 Å². The summed E-state index contributed by atoms with van der Waals surface area (Å²) in [7, 11) is -3.60. The van der Waals surface area contributed by atoms with E-state index in [-0.39, 0.29) is 30.2 Å². The fourth-order valence-corrected chi connectivity index (χ4v) is 1.72. The van der Waals surface area contributed by atoms with Crippen molar-refractivity contribution in [1.82, 2.24) is 0 Å². The van der Waals surface area contributed by atoms with Gasteiger partial charge in [-0.25, -0.2) is 17.9 Å². The lowest BCUT2D eigenvalue weighted by atomic mass is 10.3. The molecule has 0 heterocycles. The van der Waals surface area contributed by atoms with Crippen molar-refractivity contribution in [2.75, 3.05) is 12.4 Å². The van der Waals surface area contributed by atoms with Gasteiger partial charge in [0.05, 0.1) is 17.3 Å². The molecule has 1 rings (SSSR count). The second-order valence-electron chi connectivity index (χ2n) is 3.44. The van der Waals surface area contributed by atoms with E-state index in [1.54, 1.807) is 0 Å². The van der Waals surface area contributed by atoms with E-state index in [2.05, 4.69) is 0 Å². The highest BCUT2D eigenvalue weighted by molar-refractivity contribution is 7.89. The lowest BCUT2D eigenvalue weighted by Crippen LogP contribution is -2.18. The summed E-state index contributed by atoms with van der Waals surface area (Å²) >= 11 is 0. The van der Waals surface area contributed by atoms with Crippen LogP contribution in [0.25, 0.3) is 0 Å². The topological polar surface area (TPSA) is 113 Å². The molecule has 0 spiro atoms. The highest BCUT2D eigenvalue weighted by Gasteiger charge is 2.15. The highest BCUT2D eigenvalue weighted by Crippen LogP contribution is 2.27. The van der Waals surface area contributed by atoms with Gasteiger partial charge in [-0.05, 0) is 12.5 Å².